The Bertz CT molecular complexity index is 392. The van der Waals surface area contributed by atoms with E-state index in [1.165, 1.54) is 0 Å². The number of amides is 1. The van der Waals surface area contributed by atoms with Crippen LogP contribution in [0.2, 0.25) is 0 Å². The average Bonchev–Trinajstić information content (AvgIpc) is 2.57. The standard InChI is InChI=1S/C12H19N5O/c1-2-13-11-8-15-10(7-16-11)9-17-5-3-12(18)14-4-6-17/h7-8H,2-6,9H2,1H3,(H,13,16)(H,14,18). The van der Waals surface area contributed by atoms with Gasteiger partial charge in [0.25, 0.3) is 0 Å². The van der Waals surface area contributed by atoms with E-state index in [9.17, 15) is 4.79 Å². The van der Waals surface area contributed by atoms with Crippen LogP contribution in [0.15, 0.2) is 12.4 Å². The molecule has 0 saturated carbocycles. The lowest BCUT2D eigenvalue weighted by Crippen LogP contribution is -2.28. The Morgan fingerprint density at radius 2 is 2.28 bits per heavy atom. The van der Waals surface area contributed by atoms with E-state index in [-0.39, 0.29) is 5.91 Å². The minimum atomic E-state index is 0.131. The Morgan fingerprint density at radius 3 is 3.00 bits per heavy atom. The predicted octanol–water partition coefficient (Wildman–Crippen LogP) is 0.230. The van der Waals surface area contributed by atoms with E-state index in [1.54, 1.807) is 12.4 Å². The van der Waals surface area contributed by atoms with Crippen LogP contribution in [0.4, 0.5) is 5.82 Å². The van der Waals surface area contributed by atoms with E-state index < -0.39 is 0 Å². The number of hydrogen-bond acceptors (Lipinski definition) is 5. The van der Waals surface area contributed by atoms with Gasteiger partial charge in [-0.05, 0) is 6.92 Å². The lowest BCUT2D eigenvalue weighted by atomic mass is 10.3. The average molecular weight is 249 g/mol. The van der Waals surface area contributed by atoms with E-state index in [2.05, 4.69) is 25.5 Å². The van der Waals surface area contributed by atoms with Crippen LogP contribution in [-0.4, -0.2) is 47.0 Å². The van der Waals surface area contributed by atoms with E-state index in [4.69, 9.17) is 0 Å². The van der Waals surface area contributed by atoms with E-state index in [0.717, 1.165) is 37.7 Å². The fourth-order valence-electron chi connectivity index (χ4n) is 1.91. The van der Waals surface area contributed by atoms with Crippen LogP contribution in [0.3, 0.4) is 0 Å². The summed E-state index contributed by atoms with van der Waals surface area (Å²) in [5.41, 5.74) is 0.936. The van der Waals surface area contributed by atoms with Crippen molar-refractivity contribution in [1.29, 1.82) is 0 Å². The number of carbonyl (C=O) groups is 1. The monoisotopic (exact) mass is 249 g/mol. The van der Waals surface area contributed by atoms with Gasteiger partial charge in [0, 0.05) is 39.1 Å². The second-order valence-electron chi connectivity index (χ2n) is 4.30. The highest BCUT2D eigenvalue weighted by Gasteiger charge is 2.13. The molecule has 98 valence electrons. The molecule has 6 heteroatoms. The van der Waals surface area contributed by atoms with Crippen LogP contribution in [0, 0.1) is 0 Å². The van der Waals surface area contributed by atoms with Gasteiger partial charge in [0.1, 0.15) is 5.82 Å². The van der Waals surface area contributed by atoms with E-state index in [0.29, 0.717) is 13.0 Å². The molecule has 0 aromatic carbocycles. The van der Waals surface area contributed by atoms with Crippen LogP contribution in [-0.2, 0) is 11.3 Å². The van der Waals surface area contributed by atoms with Gasteiger partial charge in [-0.15, -0.1) is 0 Å². The molecule has 2 rings (SSSR count). The molecule has 18 heavy (non-hydrogen) atoms. The van der Waals surface area contributed by atoms with Crippen molar-refractivity contribution in [3.63, 3.8) is 0 Å². The molecular weight excluding hydrogens is 230 g/mol. The number of rotatable bonds is 4. The summed E-state index contributed by atoms with van der Waals surface area (Å²) in [5.74, 6) is 0.931. The molecule has 0 atom stereocenters. The Hall–Kier alpha value is -1.69. The number of nitrogens with one attached hydrogen (secondary N) is 2. The number of nitrogens with zero attached hydrogens (tertiary/aromatic N) is 3. The van der Waals surface area contributed by atoms with Crippen LogP contribution in [0.5, 0.6) is 0 Å². The molecule has 0 aliphatic carbocycles. The summed E-state index contributed by atoms with van der Waals surface area (Å²) in [6.07, 6.45) is 4.10. The smallest absolute Gasteiger partial charge is 0.221 e. The molecule has 2 N–H and O–H groups in total. The van der Waals surface area contributed by atoms with Crippen molar-refractivity contribution < 1.29 is 4.79 Å². The topological polar surface area (TPSA) is 70.2 Å². The van der Waals surface area contributed by atoms with Gasteiger partial charge in [0.2, 0.25) is 5.91 Å². The van der Waals surface area contributed by atoms with E-state index >= 15 is 0 Å². The third kappa shape index (κ3) is 3.66. The van der Waals surface area contributed by atoms with E-state index in [1.807, 2.05) is 6.92 Å². The Kier molecular flexibility index (Phi) is 4.46. The number of aromatic nitrogens is 2. The minimum Gasteiger partial charge on any atom is -0.369 e. The molecule has 1 saturated heterocycles. The summed E-state index contributed by atoms with van der Waals surface area (Å²) in [7, 11) is 0. The van der Waals surface area contributed by atoms with Gasteiger partial charge in [-0.1, -0.05) is 0 Å². The first-order valence-electron chi connectivity index (χ1n) is 6.32. The molecule has 1 amide bonds. The van der Waals surface area contributed by atoms with Gasteiger partial charge in [-0.25, -0.2) is 4.98 Å². The maximum atomic E-state index is 11.2. The zero-order valence-corrected chi connectivity index (χ0v) is 10.6. The fourth-order valence-corrected chi connectivity index (χ4v) is 1.91. The van der Waals surface area contributed by atoms with Crippen molar-refractivity contribution in [2.24, 2.45) is 0 Å². The second-order valence-corrected chi connectivity index (χ2v) is 4.30. The molecule has 1 aromatic heterocycles. The molecule has 0 unspecified atom stereocenters. The van der Waals surface area contributed by atoms with Gasteiger partial charge in [0.15, 0.2) is 0 Å². The first-order chi connectivity index (χ1) is 8.78. The van der Waals surface area contributed by atoms with Gasteiger partial charge in [-0.2, -0.15) is 0 Å². The van der Waals surface area contributed by atoms with Crippen molar-refractivity contribution in [2.75, 3.05) is 31.5 Å². The van der Waals surface area contributed by atoms with Crippen molar-refractivity contribution in [1.82, 2.24) is 20.2 Å². The Balaban J connectivity index is 1.90. The molecule has 1 aliphatic heterocycles. The predicted molar refractivity (Wildman–Crippen MR) is 69.1 cm³/mol. The summed E-state index contributed by atoms with van der Waals surface area (Å²) in [6.45, 7) is 5.96. The van der Waals surface area contributed by atoms with Gasteiger partial charge in [0.05, 0.1) is 18.1 Å². The fraction of sp³-hybridized carbons (Fsp3) is 0.583. The molecule has 0 radical (unpaired) electrons. The maximum absolute atomic E-state index is 11.2. The summed E-state index contributed by atoms with van der Waals surface area (Å²) >= 11 is 0. The lowest BCUT2D eigenvalue weighted by Gasteiger charge is -2.18. The van der Waals surface area contributed by atoms with Crippen LogP contribution >= 0.6 is 0 Å². The number of hydrogen-bond donors (Lipinski definition) is 2. The highest BCUT2D eigenvalue weighted by Crippen LogP contribution is 2.05. The third-order valence-electron chi connectivity index (χ3n) is 2.85. The second kappa shape index (κ2) is 6.30. The highest BCUT2D eigenvalue weighted by molar-refractivity contribution is 5.76. The molecule has 1 aromatic rings. The van der Waals surface area contributed by atoms with Gasteiger partial charge < -0.3 is 10.6 Å². The Labute approximate surface area is 107 Å². The third-order valence-corrected chi connectivity index (χ3v) is 2.85. The van der Waals surface area contributed by atoms with Crippen molar-refractivity contribution in [3.8, 4) is 0 Å². The van der Waals surface area contributed by atoms with Gasteiger partial charge >= 0.3 is 0 Å². The van der Waals surface area contributed by atoms with Crippen molar-refractivity contribution in [2.45, 2.75) is 19.9 Å². The molecule has 6 nitrogen and oxygen atoms in total. The zero-order valence-electron chi connectivity index (χ0n) is 10.6. The Morgan fingerprint density at radius 1 is 1.39 bits per heavy atom. The molecule has 1 aliphatic rings. The summed E-state index contributed by atoms with van der Waals surface area (Å²) in [6, 6.07) is 0. The SMILES string of the molecule is CCNc1cnc(CN2CCNC(=O)CC2)cn1. The first-order valence-corrected chi connectivity index (χ1v) is 6.32. The molecule has 0 spiro atoms. The van der Waals surface area contributed by atoms with Gasteiger partial charge in [-0.3, -0.25) is 14.7 Å². The molecule has 1 fully saturated rings. The number of anilines is 1. The minimum absolute atomic E-state index is 0.131. The summed E-state index contributed by atoms with van der Waals surface area (Å²) in [5, 5.41) is 5.97. The molecule has 0 bridgehead atoms. The summed E-state index contributed by atoms with van der Waals surface area (Å²) in [4.78, 5) is 22.1. The van der Waals surface area contributed by atoms with Crippen LogP contribution < -0.4 is 10.6 Å². The van der Waals surface area contributed by atoms with Crippen LogP contribution in [0.1, 0.15) is 19.0 Å². The first kappa shape index (κ1) is 12.8. The number of carbonyl (C=O) groups excluding carboxylic acids is 1. The van der Waals surface area contributed by atoms with Crippen LogP contribution in [0.25, 0.3) is 0 Å². The van der Waals surface area contributed by atoms with Crippen molar-refractivity contribution >= 4 is 11.7 Å². The summed E-state index contributed by atoms with van der Waals surface area (Å²) < 4.78 is 0. The highest BCUT2D eigenvalue weighted by atomic mass is 16.1. The normalized spacial score (nSPS) is 17.1. The quantitative estimate of drug-likeness (QED) is 0.799. The largest absolute Gasteiger partial charge is 0.369 e. The lowest BCUT2D eigenvalue weighted by molar-refractivity contribution is -0.120. The molecule has 2 heterocycles. The maximum Gasteiger partial charge on any atom is 0.221 e. The zero-order chi connectivity index (χ0) is 12.8. The van der Waals surface area contributed by atoms with Crippen molar-refractivity contribution in [3.05, 3.63) is 18.1 Å². The molecular formula is C12H19N5O.